The van der Waals surface area contributed by atoms with Gasteiger partial charge in [-0.3, -0.25) is 0 Å². The summed E-state index contributed by atoms with van der Waals surface area (Å²) in [7, 11) is 0. The van der Waals surface area contributed by atoms with Crippen LogP contribution < -0.4 is 5.73 Å². The third-order valence-corrected chi connectivity index (χ3v) is 1.81. The molecular weight excluding hydrogens is 227 g/mol. The molecule has 0 aliphatic rings. The summed E-state index contributed by atoms with van der Waals surface area (Å²) < 4.78 is 13.1. The Morgan fingerprint density at radius 1 is 1.65 bits per heavy atom. The van der Waals surface area contributed by atoms with Crippen molar-refractivity contribution in [3.8, 4) is 11.8 Å². The third kappa shape index (κ3) is 3.12. The van der Waals surface area contributed by atoms with Gasteiger partial charge < -0.3 is 10.8 Å². The van der Waals surface area contributed by atoms with Crippen molar-refractivity contribution < 1.29 is 14.3 Å². The number of azide groups is 1. The maximum atomic E-state index is 13.1. The average Bonchev–Trinajstić information content (AvgIpc) is 2.28. The molecule has 7 heteroatoms. The molecule has 1 rings (SSSR count). The van der Waals surface area contributed by atoms with Crippen molar-refractivity contribution in [3.05, 3.63) is 39.5 Å². The molecule has 0 aliphatic carbocycles. The molecule has 3 N–H and O–H groups in total. The molecule has 0 bridgehead atoms. The molecule has 0 saturated carbocycles. The largest absolute Gasteiger partial charge is 0.478 e. The van der Waals surface area contributed by atoms with Gasteiger partial charge in [0.25, 0.3) is 0 Å². The highest BCUT2D eigenvalue weighted by molar-refractivity contribution is 5.95. The highest BCUT2D eigenvalue weighted by atomic mass is 19.1. The molecule has 0 aromatic heterocycles. The van der Waals surface area contributed by atoms with Crippen LogP contribution >= 0.6 is 0 Å². The summed E-state index contributed by atoms with van der Waals surface area (Å²) in [6.45, 7) is -0.102. The van der Waals surface area contributed by atoms with Crippen LogP contribution in [-0.2, 0) is 0 Å². The predicted octanol–water partition coefficient (Wildman–Crippen LogP) is 1.77. The van der Waals surface area contributed by atoms with Gasteiger partial charge in [-0.25, -0.2) is 9.18 Å². The van der Waals surface area contributed by atoms with Gasteiger partial charge in [0.2, 0.25) is 0 Å². The number of anilines is 1. The molecule has 86 valence electrons. The fourth-order valence-corrected chi connectivity index (χ4v) is 1.10. The maximum absolute atomic E-state index is 13.1. The number of carbonyl (C=O) groups is 1. The number of carboxylic acid groups (broad SMARTS) is 1. The Morgan fingerprint density at radius 2 is 2.35 bits per heavy atom. The van der Waals surface area contributed by atoms with Crippen molar-refractivity contribution in [2.24, 2.45) is 5.11 Å². The summed E-state index contributed by atoms with van der Waals surface area (Å²) in [5.74, 6) is 2.79. The second-order valence-electron chi connectivity index (χ2n) is 2.91. The Morgan fingerprint density at radius 3 is 2.94 bits per heavy atom. The molecule has 0 fully saturated rings. The van der Waals surface area contributed by atoms with Gasteiger partial charge in [-0.2, -0.15) is 0 Å². The second-order valence-corrected chi connectivity index (χ2v) is 2.91. The lowest BCUT2D eigenvalue weighted by Crippen LogP contribution is -2.05. The van der Waals surface area contributed by atoms with Gasteiger partial charge in [0.05, 0.1) is 23.4 Å². The van der Waals surface area contributed by atoms with Crippen molar-refractivity contribution in [1.29, 1.82) is 0 Å². The number of hydrogen-bond donors (Lipinski definition) is 2. The molecule has 0 amide bonds. The zero-order valence-electron chi connectivity index (χ0n) is 8.51. The zero-order valence-corrected chi connectivity index (χ0v) is 8.51. The minimum absolute atomic E-state index is 0.0514. The van der Waals surface area contributed by atoms with Crippen LogP contribution in [0.1, 0.15) is 15.9 Å². The Bertz CT molecular complexity index is 568. The van der Waals surface area contributed by atoms with Gasteiger partial charge in [-0.05, 0) is 17.7 Å². The number of carboxylic acids is 1. The standard InChI is InChI=1S/C10H7FN4O2/c11-7-4-6(2-1-3-14-15-13)9(12)8(5-7)10(16)17/h4-5H,3,12H2,(H,16,17). The summed E-state index contributed by atoms with van der Waals surface area (Å²) in [5.41, 5.74) is 13.1. The van der Waals surface area contributed by atoms with Crippen molar-refractivity contribution in [2.45, 2.75) is 0 Å². The minimum atomic E-state index is -1.33. The molecule has 6 nitrogen and oxygen atoms in total. The fraction of sp³-hybridized carbons (Fsp3) is 0.100. The van der Waals surface area contributed by atoms with Crippen LogP contribution in [0.15, 0.2) is 17.2 Å². The number of aromatic carboxylic acids is 1. The molecule has 0 spiro atoms. The van der Waals surface area contributed by atoms with Crippen LogP contribution in [0.5, 0.6) is 0 Å². The first-order chi connectivity index (χ1) is 8.06. The van der Waals surface area contributed by atoms with E-state index in [1.54, 1.807) is 0 Å². The van der Waals surface area contributed by atoms with E-state index >= 15 is 0 Å². The van der Waals surface area contributed by atoms with Gasteiger partial charge in [0.1, 0.15) is 5.82 Å². The molecule has 0 unspecified atom stereocenters. The van der Waals surface area contributed by atoms with Crippen LogP contribution in [0.2, 0.25) is 0 Å². The minimum Gasteiger partial charge on any atom is -0.478 e. The highest BCUT2D eigenvalue weighted by Crippen LogP contribution is 2.18. The van der Waals surface area contributed by atoms with Gasteiger partial charge in [0, 0.05) is 4.91 Å². The number of nitrogen functional groups attached to an aromatic ring is 1. The first-order valence-electron chi connectivity index (χ1n) is 4.38. The molecule has 1 aromatic rings. The van der Waals surface area contributed by atoms with Crippen LogP contribution in [0.4, 0.5) is 10.1 Å². The molecule has 0 heterocycles. The summed E-state index contributed by atoms with van der Waals surface area (Å²) in [4.78, 5) is 13.2. The van der Waals surface area contributed by atoms with Crippen LogP contribution in [0.25, 0.3) is 10.4 Å². The molecule has 1 aromatic carbocycles. The summed E-state index contributed by atoms with van der Waals surface area (Å²) >= 11 is 0. The highest BCUT2D eigenvalue weighted by Gasteiger charge is 2.12. The number of nitrogens with zero attached hydrogens (tertiary/aromatic N) is 3. The lowest BCUT2D eigenvalue weighted by atomic mass is 10.1. The second kappa shape index (κ2) is 5.39. The SMILES string of the molecule is [N-]=[N+]=NCC#Cc1cc(F)cc(C(=O)O)c1N. The van der Waals surface area contributed by atoms with Gasteiger partial charge >= 0.3 is 5.97 Å². The van der Waals surface area contributed by atoms with Crippen molar-refractivity contribution in [2.75, 3.05) is 12.3 Å². The molecule has 0 saturated heterocycles. The van der Waals surface area contributed by atoms with E-state index < -0.39 is 11.8 Å². The molecule has 0 atom stereocenters. The van der Waals surface area contributed by atoms with E-state index in [0.717, 1.165) is 12.1 Å². The van der Waals surface area contributed by atoms with Crippen molar-refractivity contribution in [3.63, 3.8) is 0 Å². The topological polar surface area (TPSA) is 112 Å². The Kier molecular flexibility index (Phi) is 3.92. The normalized spacial score (nSPS) is 8.76. The van der Waals surface area contributed by atoms with Crippen LogP contribution in [0.3, 0.4) is 0 Å². The predicted molar refractivity (Wildman–Crippen MR) is 58.7 cm³/mol. The van der Waals surface area contributed by atoms with E-state index in [9.17, 15) is 9.18 Å². The van der Waals surface area contributed by atoms with Crippen molar-refractivity contribution in [1.82, 2.24) is 0 Å². The number of halogens is 1. The zero-order chi connectivity index (χ0) is 12.8. The lowest BCUT2D eigenvalue weighted by Gasteiger charge is -2.03. The molecular formula is C10H7FN4O2. The van der Waals surface area contributed by atoms with E-state index in [1.807, 2.05) is 0 Å². The maximum Gasteiger partial charge on any atom is 0.337 e. The molecule has 17 heavy (non-hydrogen) atoms. The molecule has 0 radical (unpaired) electrons. The van der Waals surface area contributed by atoms with E-state index in [1.165, 1.54) is 0 Å². The first-order valence-corrected chi connectivity index (χ1v) is 4.38. The molecule has 0 aliphatic heterocycles. The van der Waals surface area contributed by atoms with E-state index in [2.05, 4.69) is 21.9 Å². The lowest BCUT2D eigenvalue weighted by molar-refractivity contribution is 0.0697. The van der Waals surface area contributed by atoms with Crippen molar-refractivity contribution >= 4 is 11.7 Å². The van der Waals surface area contributed by atoms with Gasteiger partial charge in [-0.1, -0.05) is 17.0 Å². The number of benzene rings is 1. The Hall–Kier alpha value is -2.71. The number of nitrogens with two attached hydrogens (primary N) is 1. The summed E-state index contributed by atoms with van der Waals surface area (Å²) in [5, 5.41) is 11.9. The third-order valence-electron chi connectivity index (χ3n) is 1.81. The van der Waals surface area contributed by atoms with E-state index in [0.29, 0.717) is 0 Å². The Labute approximate surface area is 95.5 Å². The van der Waals surface area contributed by atoms with E-state index in [-0.39, 0.29) is 23.4 Å². The number of hydrogen-bond acceptors (Lipinski definition) is 3. The van der Waals surface area contributed by atoms with Gasteiger partial charge in [0.15, 0.2) is 0 Å². The smallest absolute Gasteiger partial charge is 0.337 e. The number of rotatable bonds is 2. The van der Waals surface area contributed by atoms with Crippen LogP contribution in [-0.4, -0.2) is 17.6 Å². The Balaban J connectivity index is 3.18. The van der Waals surface area contributed by atoms with Gasteiger partial charge in [-0.15, -0.1) is 0 Å². The summed E-state index contributed by atoms with van der Waals surface area (Å²) in [6, 6.07) is 1.83. The first kappa shape index (κ1) is 12.4. The van der Waals surface area contributed by atoms with E-state index in [4.69, 9.17) is 16.4 Å². The van der Waals surface area contributed by atoms with Crippen LogP contribution in [0, 0.1) is 17.7 Å². The summed E-state index contributed by atoms with van der Waals surface area (Å²) in [6.07, 6.45) is 0. The quantitative estimate of drug-likeness (QED) is 0.267. The average molecular weight is 234 g/mol. The monoisotopic (exact) mass is 234 g/mol. The fourth-order valence-electron chi connectivity index (χ4n) is 1.10.